The lowest BCUT2D eigenvalue weighted by Crippen LogP contribution is -2.36. The summed E-state index contributed by atoms with van der Waals surface area (Å²) in [5.74, 6) is 0.163. The Morgan fingerprint density at radius 2 is 1.90 bits per heavy atom. The standard InChI is InChI=1S/C17H17NO3/c1-21-15-8-4-7-14(19)16(15)17(20)18-10-9-12-5-2-3-6-13(12)11-18/h2-8,19H,9-11H2,1H3. The van der Waals surface area contributed by atoms with Crippen molar-refractivity contribution < 1.29 is 14.6 Å². The number of hydrogen-bond acceptors (Lipinski definition) is 3. The van der Waals surface area contributed by atoms with E-state index in [0.717, 1.165) is 12.0 Å². The highest BCUT2D eigenvalue weighted by atomic mass is 16.5. The van der Waals surface area contributed by atoms with Crippen molar-refractivity contribution in [3.8, 4) is 11.5 Å². The summed E-state index contributed by atoms with van der Waals surface area (Å²) in [6.45, 7) is 1.21. The van der Waals surface area contributed by atoms with E-state index in [-0.39, 0.29) is 17.2 Å². The highest BCUT2D eigenvalue weighted by Gasteiger charge is 2.26. The third-order valence-electron chi connectivity index (χ3n) is 3.86. The Balaban J connectivity index is 1.91. The maximum absolute atomic E-state index is 12.7. The summed E-state index contributed by atoms with van der Waals surface area (Å²) >= 11 is 0. The molecule has 4 heteroatoms. The number of hydrogen-bond donors (Lipinski definition) is 1. The van der Waals surface area contributed by atoms with E-state index >= 15 is 0 Å². The number of amides is 1. The molecule has 0 radical (unpaired) electrons. The van der Waals surface area contributed by atoms with Crippen molar-refractivity contribution in [2.75, 3.05) is 13.7 Å². The molecule has 2 aromatic carbocycles. The van der Waals surface area contributed by atoms with Crippen LogP contribution >= 0.6 is 0 Å². The largest absolute Gasteiger partial charge is 0.507 e. The molecule has 0 atom stereocenters. The number of benzene rings is 2. The van der Waals surface area contributed by atoms with E-state index in [4.69, 9.17) is 4.74 Å². The molecule has 3 rings (SSSR count). The van der Waals surface area contributed by atoms with Gasteiger partial charge in [-0.25, -0.2) is 0 Å². The average Bonchev–Trinajstić information content (AvgIpc) is 2.53. The summed E-state index contributed by atoms with van der Waals surface area (Å²) in [4.78, 5) is 14.4. The molecule has 1 N–H and O–H groups in total. The zero-order chi connectivity index (χ0) is 14.8. The molecule has 0 spiro atoms. The van der Waals surface area contributed by atoms with Gasteiger partial charge in [0, 0.05) is 13.1 Å². The lowest BCUT2D eigenvalue weighted by molar-refractivity contribution is 0.0728. The number of carbonyl (C=O) groups excluding carboxylic acids is 1. The Labute approximate surface area is 123 Å². The van der Waals surface area contributed by atoms with Crippen LogP contribution in [-0.2, 0) is 13.0 Å². The number of ether oxygens (including phenoxy) is 1. The van der Waals surface area contributed by atoms with E-state index in [9.17, 15) is 9.90 Å². The molecule has 0 unspecified atom stereocenters. The molecule has 0 saturated heterocycles. The normalized spacial score (nSPS) is 13.7. The van der Waals surface area contributed by atoms with Gasteiger partial charge in [-0.1, -0.05) is 30.3 Å². The van der Waals surface area contributed by atoms with E-state index in [1.54, 1.807) is 17.0 Å². The Morgan fingerprint density at radius 1 is 1.14 bits per heavy atom. The van der Waals surface area contributed by atoms with Crippen molar-refractivity contribution in [1.82, 2.24) is 4.90 Å². The van der Waals surface area contributed by atoms with Crippen molar-refractivity contribution in [3.63, 3.8) is 0 Å². The second-order valence-corrected chi connectivity index (χ2v) is 5.10. The van der Waals surface area contributed by atoms with Crippen LogP contribution in [-0.4, -0.2) is 29.6 Å². The second kappa shape index (κ2) is 5.48. The molecule has 1 aliphatic heterocycles. The number of rotatable bonds is 2. The minimum absolute atomic E-state index is 0.0433. The number of methoxy groups -OCH3 is 1. The van der Waals surface area contributed by atoms with Crippen LogP contribution in [0.5, 0.6) is 11.5 Å². The lowest BCUT2D eigenvalue weighted by Gasteiger charge is -2.29. The molecule has 21 heavy (non-hydrogen) atoms. The first-order chi connectivity index (χ1) is 10.2. The zero-order valence-corrected chi connectivity index (χ0v) is 11.9. The summed E-state index contributed by atoms with van der Waals surface area (Å²) in [6, 6.07) is 13.0. The Morgan fingerprint density at radius 3 is 2.67 bits per heavy atom. The van der Waals surface area contributed by atoms with E-state index < -0.39 is 0 Å². The van der Waals surface area contributed by atoms with E-state index in [0.29, 0.717) is 18.8 Å². The second-order valence-electron chi connectivity index (χ2n) is 5.10. The Hall–Kier alpha value is -2.49. The predicted octanol–water partition coefficient (Wildman–Crippen LogP) is 2.60. The Bertz CT molecular complexity index is 681. The number of phenols is 1. The molecular weight excluding hydrogens is 266 g/mol. The first kappa shape index (κ1) is 13.5. The van der Waals surface area contributed by atoms with Crippen molar-refractivity contribution in [1.29, 1.82) is 0 Å². The number of carbonyl (C=O) groups is 1. The molecule has 1 heterocycles. The van der Waals surface area contributed by atoms with Crippen LogP contribution in [0.1, 0.15) is 21.5 Å². The van der Waals surface area contributed by atoms with E-state index in [1.807, 2.05) is 18.2 Å². The Kier molecular flexibility index (Phi) is 3.52. The van der Waals surface area contributed by atoms with Gasteiger partial charge < -0.3 is 14.7 Å². The predicted molar refractivity (Wildman–Crippen MR) is 79.5 cm³/mol. The van der Waals surface area contributed by atoms with E-state index in [1.165, 1.54) is 18.7 Å². The molecule has 0 aromatic heterocycles. The van der Waals surface area contributed by atoms with Gasteiger partial charge in [0.25, 0.3) is 5.91 Å². The highest BCUT2D eigenvalue weighted by molar-refractivity contribution is 5.99. The first-order valence-electron chi connectivity index (χ1n) is 6.92. The molecule has 4 nitrogen and oxygen atoms in total. The fourth-order valence-electron chi connectivity index (χ4n) is 2.73. The highest BCUT2D eigenvalue weighted by Crippen LogP contribution is 2.30. The minimum Gasteiger partial charge on any atom is -0.507 e. The van der Waals surface area contributed by atoms with Crippen molar-refractivity contribution in [2.45, 2.75) is 13.0 Å². The van der Waals surface area contributed by atoms with Crippen LogP contribution in [0.25, 0.3) is 0 Å². The average molecular weight is 283 g/mol. The third-order valence-corrected chi connectivity index (χ3v) is 3.86. The van der Waals surface area contributed by atoms with Crippen molar-refractivity contribution in [3.05, 3.63) is 59.2 Å². The minimum atomic E-state index is -0.195. The maximum atomic E-state index is 12.7. The summed E-state index contributed by atoms with van der Waals surface area (Å²) in [7, 11) is 1.50. The summed E-state index contributed by atoms with van der Waals surface area (Å²) < 4.78 is 5.20. The van der Waals surface area contributed by atoms with Crippen molar-refractivity contribution >= 4 is 5.91 Å². The molecule has 0 fully saturated rings. The third kappa shape index (κ3) is 2.44. The monoisotopic (exact) mass is 283 g/mol. The number of phenolic OH excluding ortho intramolecular Hbond substituents is 1. The first-order valence-corrected chi connectivity index (χ1v) is 6.92. The molecule has 108 valence electrons. The van der Waals surface area contributed by atoms with Crippen LogP contribution < -0.4 is 4.74 Å². The molecular formula is C17H17NO3. The van der Waals surface area contributed by atoms with Gasteiger partial charge in [0.05, 0.1) is 7.11 Å². The fraction of sp³-hybridized carbons (Fsp3) is 0.235. The van der Waals surface area contributed by atoms with Gasteiger partial charge in [0.1, 0.15) is 17.1 Å². The molecule has 0 bridgehead atoms. The van der Waals surface area contributed by atoms with Crippen LogP contribution in [0.15, 0.2) is 42.5 Å². The fourth-order valence-corrected chi connectivity index (χ4v) is 2.73. The summed E-state index contributed by atoms with van der Waals surface area (Å²) in [5.41, 5.74) is 2.68. The van der Waals surface area contributed by atoms with Crippen molar-refractivity contribution in [2.24, 2.45) is 0 Å². The molecule has 1 amide bonds. The molecule has 1 aliphatic rings. The molecule has 2 aromatic rings. The van der Waals surface area contributed by atoms with Crippen LogP contribution in [0, 0.1) is 0 Å². The SMILES string of the molecule is COc1cccc(O)c1C(=O)N1CCc2ccccc2C1. The summed E-state index contributed by atoms with van der Waals surface area (Å²) in [6.07, 6.45) is 0.831. The van der Waals surface area contributed by atoms with Gasteiger partial charge in [0.15, 0.2) is 0 Å². The van der Waals surface area contributed by atoms with Gasteiger partial charge >= 0.3 is 0 Å². The number of fused-ring (bicyclic) bond motifs is 1. The van der Waals surface area contributed by atoms with Crippen LogP contribution in [0.4, 0.5) is 0 Å². The van der Waals surface area contributed by atoms with Gasteiger partial charge in [-0.3, -0.25) is 4.79 Å². The molecule has 0 saturated carbocycles. The van der Waals surface area contributed by atoms with Gasteiger partial charge in [-0.05, 0) is 29.7 Å². The maximum Gasteiger partial charge on any atom is 0.261 e. The van der Waals surface area contributed by atoms with Crippen LogP contribution in [0.3, 0.4) is 0 Å². The number of nitrogens with zero attached hydrogens (tertiary/aromatic N) is 1. The quantitative estimate of drug-likeness (QED) is 0.921. The van der Waals surface area contributed by atoms with Crippen LogP contribution in [0.2, 0.25) is 0 Å². The summed E-state index contributed by atoms with van der Waals surface area (Å²) in [5, 5.41) is 9.99. The lowest BCUT2D eigenvalue weighted by atomic mass is 9.99. The van der Waals surface area contributed by atoms with E-state index in [2.05, 4.69) is 6.07 Å². The van der Waals surface area contributed by atoms with Gasteiger partial charge in [-0.15, -0.1) is 0 Å². The topological polar surface area (TPSA) is 49.8 Å². The van der Waals surface area contributed by atoms with Gasteiger partial charge in [-0.2, -0.15) is 0 Å². The number of aromatic hydroxyl groups is 1. The van der Waals surface area contributed by atoms with Gasteiger partial charge in [0.2, 0.25) is 0 Å². The zero-order valence-electron chi connectivity index (χ0n) is 11.9. The smallest absolute Gasteiger partial charge is 0.261 e. The molecule has 0 aliphatic carbocycles.